The standard InChI is InChI=1S/C13H23NO4/c1-5-10(11(15)16)14(9-7-6-8-9)12(17)18-13(2,3)4/h9-10H,5-8H2,1-4H3,(H,15,16). The highest BCUT2D eigenvalue weighted by Gasteiger charge is 2.39. The van der Waals surface area contributed by atoms with Crippen molar-refractivity contribution in [2.45, 2.75) is 71.1 Å². The largest absolute Gasteiger partial charge is 0.480 e. The lowest BCUT2D eigenvalue weighted by Crippen LogP contribution is -2.54. The smallest absolute Gasteiger partial charge is 0.411 e. The maximum atomic E-state index is 12.1. The molecule has 1 amide bonds. The van der Waals surface area contributed by atoms with Gasteiger partial charge in [-0.05, 0) is 46.5 Å². The third-order valence-electron chi connectivity index (χ3n) is 3.08. The molecule has 1 saturated carbocycles. The minimum absolute atomic E-state index is 0.0147. The average Bonchev–Trinajstić information content (AvgIpc) is 2.10. The molecular formula is C13H23NO4. The summed E-state index contributed by atoms with van der Waals surface area (Å²) in [5.41, 5.74) is -0.601. The van der Waals surface area contributed by atoms with Crippen molar-refractivity contribution in [1.82, 2.24) is 4.90 Å². The van der Waals surface area contributed by atoms with Crippen molar-refractivity contribution in [3.63, 3.8) is 0 Å². The van der Waals surface area contributed by atoms with E-state index in [2.05, 4.69) is 0 Å². The third-order valence-corrected chi connectivity index (χ3v) is 3.08. The van der Waals surface area contributed by atoms with Crippen LogP contribution in [0.15, 0.2) is 0 Å². The first-order chi connectivity index (χ1) is 8.26. The molecule has 0 radical (unpaired) electrons. The van der Waals surface area contributed by atoms with E-state index in [0.717, 1.165) is 19.3 Å². The van der Waals surface area contributed by atoms with Crippen LogP contribution in [0.2, 0.25) is 0 Å². The Morgan fingerprint density at radius 1 is 1.39 bits per heavy atom. The molecule has 1 unspecified atom stereocenters. The summed E-state index contributed by atoms with van der Waals surface area (Å²) in [6, 6.07) is -0.772. The molecule has 0 heterocycles. The molecule has 0 aromatic carbocycles. The Hall–Kier alpha value is -1.26. The number of hydrogen-bond acceptors (Lipinski definition) is 3. The van der Waals surface area contributed by atoms with E-state index < -0.39 is 23.7 Å². The van der Waals surface area contributed by atoms with Gasteiger partial charge in [-0.25, -0.2) is 9.59 Å². The van der Waals surface area contributed by atoms with Crippen molar-refractivity contribution in [3.05, 3.63) is 0 Å². The Morgan fingerprint density at radius 3 is 2.22 bits per heavy atom. The van der Waals surface area contributed by atoms with Crippen LogP contribution in [-0.4, -0.2) is 39.8 Å². The number of carbonyl (C=O) groups excluding carboxylic acids is 1. The van der Waals surface area contributed by atoms with E-state index in [1.165, 1.54) is 4.90 Å². The second-order valence-electron chi connectivity index (χ2n) is 5.73. The van der Waals surface area contributed by atoms with Crippen molar-refractivity contribution in [1.29, 1.82) is 0 Å². The second-order valence-corrected chi connectivity index (χ2v) is 5.73. The molecule has 1 N–H and O–H groups in total. The summed E-state index contributed by atoms with van der Waals surface area (Å²) in [6.07, 6.45) is 2.65. The van der Waals surface area contributed by atoms with Crippen LogP contribution in [0, 0.1) is 0 Å². The molecule has 0 saturated heterocycles. The van der Waals surface area contributed by atoms with Crippen molar-refractivity contribution < 1.29 is 19.4 Å². The molecule has 1 fully saturated rings. The topological polar surface area (TPSA) is 66.8 Å². The molecule has 0 aromatic heterocycles. The second kappa shape index (κ2) is 5.59. The zero-order chi connectivity index (χ0) is 13.9. The van der Waals surface area contributed by atoms with Gasteiger partial charge < -0.3 is 9.84 Å². The molecule has 0 aliphatic heterocycles. The van der Waals surface area contributed by atoms with Crippen LogP contribution in [0.25, 0.3) is 0 Å². The van der Waals surface area contributed by atoms with Gasteiger partial charge in [0.25, 0.3) is 0 Å². The molecule has 1 aliphatic carbocycles. The van der Waals surface area contributed by atoms with E-state index in [-0.39, 0.29) is 6.04 Å². The van der Waals surface area contributed by atoms with Crippen LogP contribution in [0.3, 0.4) is 0 Å². The lowest BCUT2D eigenvalue weighted by atomic mass is 9.90. The van der Waals surface area contributed by atoms with Crippen molar-refractivity contribution in [2.24, 2.45) is 0 Å². The zero-order valence-corrected chi connectivity index (χ0v) is 11.6. The van der Waals surface area contributed by atoms with Gasteiger partial charge in [0.05, 0.1) is 0 Å². The quantitative estimate of drug-likeness (QED) is 0.840. The van der Waals surface area contributed by atoms with Gasteiger partial charge in [-0.3, -0.25) is 4.90 Å². The fourth-order valence-corrected chi connectivity index (χ4v) is 2.00. The summed E-state index contributed by atoms with van der Waals surface area (Å²) < 4.78 is 5.31. The molecule has 0 bridgehead atoms. The van der Waals surface area contributed by atoms with Gasteiger partial charge in [-0.2, -0.15) is 0 Å². The predicted octanol–water partition coefficient (Wildman–Crippen LogP) is 2.64. The Balaban J connectivity index is 2.83. The van der Waals surface area contributed by atoms with Crippen LogP contribution in [0.5, 0.6) is 0 Å². The number of hydrogen-bond donors (Lipinski definition) is 1. The number of carboxylic acids is 1. The SMILES string of the molecule is CCC(C(=O)O)N(C(=O)OC(C)(C)C)C1CCC1. The Morgan fingerprint density at radius 2 is 1.94 bits per heavy atom. The van der Waals surface area contributed by atoms with Crippen molar-refractivity contribution in [3.8, 4) is 0 Å². The minimum Gasteiger partial charge on any atom is -0.480 e. The first-order valence-corrected chi connectivity index (χ1v) is 6.50. The third kappa shape index (κ3) is 3.62. The average molecular weight is 257 g/mol. The van der Waals surface area contributed by atoms with Gasteiger partial charge >= 0.3 is 12.1 Å². The van der Waals surface area contributed by atoms with Crippen molar-refractivity contribution in [2.75, 3.05) is 0 Å². The summed E-state index contributed by atoms with van der Waals surface area (Å²) in [7, 11) is 0. The normalized spacial score (nSPS) is 17.8. The summed E-state index contributed by atoms with van der Waals surface area (Å²) in [4.78, 5) is 24.8. The maximum Gasteiger partial charge on any atom is 0.411 e. The highest BCUT2D eigenvalue weighted by Crippen LogP contribution is 2.29. The molecule has 104 valence electrons. The van der Waals surface area contributed by atoms with Gasteiger partial charge in [0.1, 0.15) is 11.6 Å². The molecule has 1 aliphatic rings. The van der Waals surface area contributed by atoms with Gasteiger partial charge in [-0.15, -0.1) is 0 Å². The van der Waals surface area contributed by atoms with Crippen LogP contribution in [-0.2, 0) is 9.53 Å². The molecular weight excluding hydrogens is 234 g/mol. The van der Waals surface area contributed by atoms with Crippen LogP contribution in [0.1, 0.15) is 53.4 Å². The van der Waals surface area contributed by atoms with E-state index in [1.807, 2.05) is 0 Å². The molecule has 1 atom stereocenters. The Labute approximate surface area is 108 Å². The van der Waals surface area contributed by atoms with E-state index in [1.54, 1.807) is 27.7 Å². The first-order valence-electron chi connectivity index (χ1n) is 6.50. The highest BCUT2D eigenvalue weighted by molar-refractivity contribution is 5.80. The zero-order valence-electron chi connectivity index (χ0n) is 11.6. The van der Waals surface area contributed by atoms with Gasteiger partial charge in [-0.1, -0.05) is 6.92 Å². The monoisotopic (exact) mass is 257 g/mol. The van der Waals surface area contributed by atoms with E-state index >= 15 is 0 Å². The van der Waals surface area contributed by atoms with Crippen molar-refractivity contribution >= 4 is 12.1 Å². The van der Waals surface area contributed by atoms with Gasteiger partial charge in [0.15, 0.2) is 0 Å². The number of amides is 1. The summed E-state index contributed by atoms with van der Waals surface area (Å²) in [5.74, 6) is -0.963. The molecule has 18 heavy (non-hydrogen) atoms. The lowest BCUT2D eigenvalue weighted by Gasteiger charge is -2.41. The molecule has 1 rings (SSSR count). The van der Waals surface area contributed by atoms with Crippen LogP contribution < -0.4 is 0 Å². The summed E-state index contributed by atoms with van der Waals surface area (Å²) in [5, 5.41) is 9.21. The number of rotatable bonds is 4. The van der Waals surface area contributed by atoms with E-state index in [0.29, 0.717) is 6.42 Å². The lowest BCUT2D eigenvalue weighted by molar-refractivity contribution is -0.145. The Bertz CT molecular complexity index is 317. The summed E-state index contributed by atoms with van der Waals surface area (Å²) in [6.45, 7) is 7.12. The van der Waals surface area contributed by atoms with E-state index in [4.69, 9.17) is 4.74 Å². The first kappa shape index (κ1) is 14.8. The molecule has 0 aromatic rings. The number of carboxylic acid groups (broad SMARTS) is 1. The minimum atomic E-state index is -0.963. The molecule has 5 nitrogen and oxygen atoms in total. The number of nitrogens with zero attached hydrogens (tertiary/aromatic N) is 1. The van der Waals surface area contributed by atoms with Gasteiger partial charge in [0, 0.05) is 6.04 Å². The summed E-state index contributed by atoms with van der Waals surface area (Å²) >= 11 is 0. The van der Waals surface area contributed by atoms with Crippen LogP contribution in [0.4, 0.5) is 4.79 Å². The molecule has 5 heteroatoms. The fourth-order valence-electron chi connectivity index (χ4n) is 2.00. The van der Waals surface area contributed by atoms with Crippen LogP contribution >= 0.6 is 0 Å². The van der Waals surface area contributed by atoms with Gasteiger partial charge in [0.2, 0.25) is 0 Å². The number of ether oxygens (including phenoxy) is 1. The molecule has 0 spiro atoms. The highest BCUT2D eigenvalue weighted by atomic mass is 16.6. The fraction of sp³-hybridized carbons (Fsp3) is 0.846. The Kier molecular flexibility index (Phi) is 4.59. The number of aliphatic carboxylic acids is 1. The van der Waals surface area contributed by atoms with E-state index in [9.17, 15) is 14.7 Å². The predicted molar refractivity (Wildman–Crippen MR) is 67.4 cm³/mol. The number of carbonyl (C=O) groups is 2. The maximum absolute atomic E-state index is 12.1.